The van der Waals surface area contributed by atoms with Crippen molar-refractivity contribution in [3.63, 3.8) is 0 Å². The highest BCUT2D eigenvalue weighted by atomic mass is 32.2. The lowest BCUT2D eigenvalue weighted by atomic mass is 10.0. The van der Waals surface area contributed by atoms with E-state index in [4.69, 9.17) is 4.74 Å². The van der Waals surface area contributed by atoms with Gasteiger partial charge in [0, 0.05) is 23.1 Å². The summed E-state index contributed by atoms with van der Waals surface area (Å²) in [6.45, 7) is 3.75. The van der Waals surface area contributed by atoms with Gasteiger partial charge in [0.2, 0.25) is 10.0 Å². The number of carbonyl (C=O) groups is 1. The summed E-state index contributed by atoms with van der Waals surface area (Å²) in [6, 6.07) is 15.7. The molecule has 2 N–H and O–H groups in total. The van der Waals surface area contributed by atoms with Crippen molar-refractivity contribution in [3.8, 4) is 16.9 Å². The Morgan fingerprint density at radius 1 is 1.05 bits per heavy atom. The summed E-state index contributed by atoms with van der Waals surface area (Å²) in [6.07, 6.45) is 3.61. The predicted octanol–water partition coefficient (Wildman–Crippen LogP) is 4.49. The van der Waals surface area contributed by atoms with E-state index in [-0.39, 0.29) is 22.4 Å². The van der Waals surface area contributed by atoms with E-state index in [2.05, 4.69) is 20.1 Å². The van der Waals surface area contributed by atoms with Gasteiger partial charge in [0.05, 0.1) is 12.7 Å². The number of anilines is 1. The number of fused-ring (bicyclic) bond motifs is 1. The van der Waals surface area contributed by atoms with Crippen LogP contribution in [0.3, 0.4) is 0 Å². The van der Waals surface area contributed by atoms with Crippen molar-refractivity contribution in [2.45, 2.75) is 50.5 Å². The van der Waals surface area contributed by atoms with Gasteiger partial charge in [-0.05, 0) is 62.6 Å². The van der Waals surface area contributed by atoms with E-state index >= 15 is 0 Å². The third-order valence-electron chi connectivity index (χ3n) is 6.56. The van der Waals surface area contributed by atoms with Crippen molar-refractivity contribution in [1.29, 1.82) is 0 Å². The predicted molar refractivity (Wildman–Crippen MR) is 141 cm³/mol. The van der Waals surface area contributed by atoms with E-state index < -0.39 is 15.9 Å². The molecule has 2 aromatic carbocycles. The molecule has 0 bridgehead atoms. The quantitative estimate of drug-likeness (QED) is 0.372. The number of nitrogens with zero attached hydrogens (tertiary/aromatic N) is 3. The van der Waals surface area contributed by atoms with Gasteiger partial charge < -0.3 is 10.1 Å². The molecule has 0 spiro atoms. The number of hydrogen-bond donors (Lipinski definition) is 2. The number of rotatable bonds is 7. The van der Waals surface area contributed by atoms with Crippen LogP contribution in [0.15, 0.2) is 59.5 Å². The molecule has 1 fully saturated rings. The fourth-order valence-corrected chi connectivity index (χ4v) is 6.33. The minimum Gasteiger partial charge on any atom is -0.495 e. The van der Waals surface area contributed by atoms with E-state index in [0.717, 1.165) is 37.1 Å². The SMILES string of the molecule is COc1ccc(-c2c(C(=O)Nc3ccccc3)nn3c(C)cc(C)nc23)cc1S(=O)(=O)NC1CCCC1. The van der Waals surface area contributed by atoms with Crippen LogP contribution in [0.1, 0.15) is 47.6 Å². The molecule has 2 heterocycles. The van der Waals surface area contributed by atoms with Crippen LogP contribution in [0, 0.1) is 13.8 Å². The van der Waals surface area contributed by atoms with Gasteiger partial charge in [-0.2, -0.15) is 5.10 Å². The number of ether oxygens (including phenoxy) is 1. The standard InChI is InChI=1S/C27H29N5O4S/c1-17-15-18(2)32-26(28-17)24(25(30-32)27(33)29-20-9-5-4-6-10-20)19-13-14-22(36-3)23(16-19)37(34,35)31-21-11-7-8-12-21/h4-6,9-10,13-16,21,31H,7-8,11-12H2,1-3H3,(H,29,33). The minimum atomic E-state index is -3.87. The largest absolute Gasteiger partial charge is 0.495 e. The number of nitrogens with one attached hydrogen (secondary N) is 2. The van der Waals surface area contributed by atoms with Crippen LogP contribution in [0.5, 0.6) is 5.75 Å². The lowest BCUT2D eigenvalue weighted by molar-refractivity contribution is 0.102. The number of aryl methyl sites for hydroxylation is 2. The van der Waals surface area contributed by atoms with Crippen LogP contribution in [0.4, 0.5) is 5.69 Å². The highest BCUT2D eigenvalue weighted by Gasteiger charge is 2.29. The number of amides is 1. The van der Waals surface area contributed by atoms with Gasteiger partial charge in [-0.1, -0.05) is 37.1 Å². The molecular weight excluding hydrogens is 490 g/mol. The first kappa shape index (κ1) is 24.9. The smallest absolute Gasteiger partial charge is 0.276 e. The fourth-order valence-electron chi connectivity index (χ4n) is 4.83. The molecule has 192 valence electrons. The van der Waals surface area contributed by atoms with Gasteiger partial charge in [0.25, 0.3) is 5.91 Å². The molecule has 5 rings (SSSR count). The Labute approximate surface area is 215 Å². The number of sulfonamides is 1. The van der Waals surface area contributed by atoms with Crippen molar-refractivity contribution in [2.24, 2.45) is 0 Å². The van der Waals surface area contributed by atoms with Crippen molar-refractivity contribution in [2.75, 3.05) is 12.4 Å². The van der Waals surface area contributed by atoms with E-state index in [9.17, 15) is 13.2 Å². The molecule has 1 amide bonds. The first-order chi connectivity index (χ1) is 17.8. The van der Waals surface area contributed by atoms with E-state index in [1.807, 2.05) is 38.1 Å². The highest BCUT2D eigenvalue weighted by Crippen LogP contribution is 2.35. The summed E-state index contributed by atoms with van der Waals surface area (Å²) in [5.74, 6) is -0.200. The Kier molecular flexibility index (Phi) is 6.70. The molecule has 10 heteroatoms. The molecule has 37 heavy (non-hydrogen) atoms. The van der Waals surface area contributed by atoms with Crippen LogP contribution >= 0.6 is 0 Å². The van der Waals surface area contributed by atoms with E-state index in [1.165, 1.54) is 13.2 Å². The molecule has 0 saturated heterocycles. The first-order valence-corrected chi connectivity index (χ1v) is 13.7. The van der Waals surface area contributed by atoms with Gasteiger partial charge >= 0.3 is 0 Å². The maximum atomic E-state index is 13.4. The van der Waals surface area contributed by atoms with Crippen LogP contribution in [0.2, 0.25) is 0 Å². The summed E-state index contributed by atoms with van der Waals surface area (Å²) in [7, 11) is -2.44. The molecule has 0 aliphatic heterocycles. The summed E-state index contributed by atoms with van der Waals surface area (Å²) < 4.78 is 36.7. The lowest BCUT2D eigenvalue weighted by Gasteiger charge is -2.16. The summed E-state index contributed by atoms with van der Waals surface area (Å²) in [5, 5.41) is 7.47. The molecule has 1 saturated carbocycles. The Hall–Kier alpha value is -3.76. The number of methoxy groups -OCH3 is 1. The Balaban J connectivity index is 1.67. The zero-order valence-corrected chi connectivity index (χ0v) is 21.8. The third-order valence-corrected chi connectivity index (χ3v) is 8.10. The maximum absolute atomic E-state index is 13.4. The fraction of sp³-hybridized carbons (Fsp3) is 0.296. The minimum absolute atomic E-state index is 0.0116. The maximum Gasteiger partial charge on any atom is 0.276 e. The molecule has 2 aromatic heterocycles. The zero-order chi connectivity index (χ0) is 26.2. The van der Waals surface area contributed by atoms with Crippen molar-refractivity contribution < 1.29 is 17.9 Å². The van der Waals surface area contributed by atoms with Gasteiger partial charge in [-0.15, -0.1) is 0 Å². The molecule has 4 aromatic rings. The van der Waals surface area contributed by atoms with Gasteiger partial charge in [-0.3, -0.25) is 4.79 Å². The number of aromatic nitrogens is 3. The van der Waals surface area contributed by atoms with Gasteiger partial charge in [-0.25, -0.2) is 22.6 Å². The first-order valence-electron chi connectivity index (χ1n) is 12.2. The molecule has 1 aliphatic carbocycles. The second-order valence-electron chi connectivity index (χ2n) is 9.29. The highest BCUT2D eigenvalue weighted by molar-refractivity contribution is 7.89. The van der Waals surface area contributed by atoms with E-state index in [1.54, 1.807) is 28.8 Å². The zero-order valence-electron chi connectivity index (χ0n) is 21.0. The average molecular weight is 520 g/mol. The molecule has 0 unspecified atom stereocenters. The summed E-state index contributed by atoms with van der Waals surface area (Å²) >= 11 is 0. The molecule has 0 radical (unpaired) electrons. The van der Waals surface area contributed by atoms with Crippen LogP contribution in [0.25, 0.3) is 16.8 Å². The monoisotopic (exact) mass is 519 g/mol. The summed E-state index contributed by atoms with van der Waals surface area (Å²) in [5.41, 5.74) is 3.72. The second kappa shape index (κ2) is 9.95. The van der Waals surface area contributed by atoms with Crippen molar-refractivity contribution in [3.05, 3.63) is 71.7 Å². The van der Waals surface area contributed by atoms with Crippen molar-refractivity contribution >= 4 is 27.3 Å². The summed E-state index contributed by atoms with van der Waals surface area (Å²) in [4.78, 5) is 18.1. The van der Waals surface area contributed by atoms with Crippen LogP contribution < -0.4 is 14.8 Å². The van der Waals surface area contributed by atoms with Crippen LogP contribution in [-0.4, -0.2) is 42.1 Å². The Bertz CT molecular complexity index is 1580. The second-order valence-corrected chi connectivity index (χ2v) is 11.0. The Morgan fingerprint density at radius 3 is 2.49 bits per heavy atom. The average Bonchev–Trinajstić information content (AvgIpc) is 3.52. The Morgan fingerprint density at radius 2 is 1.78 bits per heavy atom. The van der Waals surface area contributed by atoms with Crippen LogP contribution in [-0.2, 0) is 10.0 Å². The van der Waals surface area contributed by atoms with Gasteiger partial charge in [0.1, 0.15) is 10.6 Å². The molecule has 9 nitrogen and oxygen atoms in total. The number of benzene rings is 2. The van der Waals surface area contributed by atoms with Crippen molar-refractivity contribution in [1.82, 2.24) is 19.3 Å². The molecular formula is C27H29N5O4S. The topological polar surface area (TPSA) is 115 Å². The lowest BCUT2D eigenvalue weighted by Crippen LogP contribution is -2.32. The number of hydrogen-bond acceptors (Lipinski definition) is 6. The number of carbonyl (C=O) groups excluding carboxylic acids is 1. The molecule has 1 aliphatic rings. The third kappa shape index (κ3) is 4.94. The van der Waals surface area contributed by atoms with Gasteiger partial charge in [0.15, 0.2) is 11.3 Å². The van der Waals surface area contributed by atoms with E-state index in [0.29, 0.717) is 22.5 Å². The molecule has 0 atom stereocenters. The number of para-hydroxylation sites is 1. The normalized spacial score (nSPS) is 14.2.